The summed E-state index contributed by atoms with van der Waals surface area (Å²) in [6.07, 6.45) is 8.68. The standard InChI is InChI=1S/C16H28O3/c1-2-15(9-17,10-18)11-19-16-6-12-3-13(7-16)5-14(4-12)8-16/h12-14,17-18H,2-11H2,1H3. The van der Waals surface area contributed by atoms with Crippen LogP contribution in [0.2, 0.25) is 0 Å². The summed E-state index contributed by atoms with van der Waals surface area (Å²) in [6, 6.07) is 0. The quantitative estimate of drug-likeness (QED) is 0.777. The van der Waals surface area contributed by atoms with Gasteiger partial charge in [-0.15, -0.1) is 0 Å². The Morgan fingerprint density at radius 3 is 1.84 bits per heavy atom. The zero-order valence-electron chi connectivity index (χ0n) is 12.1. The molecule has 2 N–H and O–H groups in total. The minimum Gasteiger partial charge on any atom is -0.396 e. The van der Waals surface area contributed by atoms with E-state index in [1.165, 1.54) is 38.5 Å². The van der Waals surface area contributed by atoms with Crippen molar-refractivity contribution >= 4 is 0 Å². The van der Waals surface area contributed by atoms with Gasteiger partial charge in [-0.3, -0.25) is 0 Å². The fourth-order valence-corrected chi connectivity index (χ4v) is 4.98. The van der Waals surface area contributed by atoms with E-state index in [2.05, 4.69) is 0 Å². The van der Waals surface area contributed by atoms with E-state index in [0.717, 1.165) is 24.2 Å². The van der Waals surface area contributed by atoms with Gasteiger partial charge >= 0.3 is 0 Å². The summed E-state index contributed by atoms with van der Waals surface area (Å²) in [5.74, 6) is 2.64. The van der Waals surface area contributed by atoms with Gasteiger partial charge in [0.25, 0.3) is 0 Å². The third-order valence-electron chi connectivity index (χ3n) is 6.09. The molecule has 0 amide bonds. The summed E-state index contributed by atoms with van der Waals surface area (Å²) >= 11 is 0. The monoisotopic (exact) mass is 268 g/mol. The highest BCUT2D eigenvalue weighted by Crippen LogP contribution is 2.57. The van der Waals surface area contributed by atoms with Gasteiger partial charge in [0, 0.05) is 5.41 Å². The fourth-order valence-electron chi connectivity index (χ4n) is 4.98. The summed E-state index contributed by atoms with van der Waals surface area (Å²) in [4.78, 5) is 0. The van der Waals surface area contributed by atoms with Crippen LogP contribution in [0.1, 0.15) is 51.9 Å². The molecule has 0 aliphatic heterocycles. The first-order valence-corrected chi connectivity index (χ1v) is 7.98. The molecule has 4 bridgehead atoms. The number of aliphatic hydroxyl groups excluding tert-OH is 2. The number of aliphatic hydroxyl groups is 2. The van der Waals surface area contributed by atoms with Crippen molar-refractivity contribution in [2.45, 2.75) is 57.5 Å². The fraction of sp³-hybridized carbons (Fsp3) is 1.00. The molecule has 4 aliphatic rings. The lowest BCUT2D eigenvalue weighted by atomic mass is 9.54. The van der Waals surface area contributed by atoms with Crippen LogP contribution < -0.4 is 0 Å². The molecular formula is C16H28O3. The Balaban J connectivity index is 1.66. The van der Waals surface area contributed by atoms with Gasteiger partial charge in [-0.1, -0.05) is 6.92 Å². The van der Waals surface area contributed by atoms with Crippen LogP contribution in [-0.2, 0) is 4.74 Å². The Labute approximate surface area is 116 Å². The molecule has 0 aromatic rings. The highest BCUT2D eigenvalue weighted by Gasteiger charge is 2.52. The van der Waals surface area contributed by atoms with Crippen LogP contribution >= 0.6 is 0 Å². The molecule has 0 aromatic heterocycles. The molecule has 3 heteroatoms. The van der Waals surface area contributed by atoms with Gasteiger partial charge in [0.15, 0.2) is 0 Å². The second-order valence-corrected chi connectivity index (χ2v) is 7.56. The van der Waals surface area contributed by atoms with Crippen molar-refractivity contribution in [2.75, 3.05) is 19.8 Å². The number of ether oxygens (including phenoxy) is 1. The first-order chi connectivity index (χ1) is 9.12. The first kappa shape index (κ1) is 13.8. The molecule has 3 nitrogen and oxygen atoms in total. The van der Waals surface area contributed by atoms with Crippen molar-refractivity contribution in [1.82, 2.24) is 0 Å². The summed E-state index contributed by atoms with van der Waals surface area (Å²) in [5.41, 5.74) is -0.358. The number of hydrogen-bond acceptors (Lipinski definition) is 3. The highest BCUT2D eigenvalue weighted by atomic mass is 16.5. The van der Waals surface area contributed by atoms with Gasteiger partial charge in [0.1, 0.15) is 0 Å². The minimum atomic E-state index is -0.441. The van der Waals surface area contributed by atoms with Crippen LogP contribution in [-0.4, -0.2) is 35.6 Å². The maximum Gasteiger partial charge on any atom is 0.0690 e. The van der Waals surface area contributed by atoms with Crippen LogP contribution in [0.25, 0.3) is 0 Å². The molecule has 19 heavy (non-hydrogen) atoms. The molecule has 0 spiro atoms. The Morgan fingerprint density at radius 2 is 1.47 bits per heavy atom. The van der Waals surface area contributed by atoms with Crippen LogP contribution in [0.4, 0.5) is 0 Å². The number of hydrogen-bond donors (Lipinski definition) is 2. The Kier molecular flexibility index (Phi) is 3.65. The lowest BCUT2D eigenvalue weighted by Gasteiger charge is -2.56. The van der Waals surface area contributed by atoms with Crippen molar-refractivity contribution < 1.29 is 14.9 Å². The zero-order chi connectivity index (χ0) is 13.5. The lowest BCUT2D eigenvalue weighted by Crippen LogP contribution is -2.53. The molecule has 0 heterocycles. The molecular weight excluding hydrogens is 240 g/mol. The third kappa shape index (κ3) is 2.45. The van der Waals surface area contributed by atoms with Gasteiger partial charge in [0.05, 0.1) is 25.4 Å². The molecule has 0 atom stereocenters. The molecule has 4 fully saturated rings. The third-order valence-corrected chi connectivity index (χ3v) is 6.09. The zero-order valence-corrected chi connectivity index (χ0v) is 12.1. The Hall–Kier alpha value is -0.120. The van der Waals surface area contributed by atoms with E-state index in [9.17, 15) is 10.2 Å². The molecule has 110 valence electrons. The summed E-state index contributed by atoms with van der Waals surface area (Å²) in [6.45, 7) is 2.58. The van der Waals surface area contributed by atoms with Crippen molar-refractivity contribution in [3.8, 4) is 0 Å². The van der Waals surface area contributed by atoms with E-state index in [4.69, 9.17) is 4.74 Å². The molecule has 4 saturated carbocycles. The lowest BCUT2D eigenvalue weighted by molar-refractivity contribution is -0.186. The minimum absolute atomic E-state index is 0.0202. The predicted octanol–water partition coefficient (Wildman–Crippen LogP) is 2.35. The molecule has 0 saturated heterocycles. The van der Waals surface area contributed by atoms with E-state index in [-0.39, 0.29) is 18.8 Å². The molecule has 4 aliphatic carbocycles. The van der Waals surface area contributed by atoms with Crippen LogP contribution in [0.3, 0.4) is 0 Å². The average Bonchev–Trinajstić information content (AvgIpc) is 2.39. The maximum atomic E-state index is 9.55. The average molecular weight is 268 g/mol. The van der Waals surface area contributed by atoms with Gasteiger partial charge < -0.3 is 14.9 Å². The normalized spacial score (nSPS) is 40.9. The van der Waals surface area contributed by atoms with Gasteiger partial charge in [-0.25, -0.2) is 0 Å². The van der Waals surface area contributed by atoms with E-state index < -0.39 is 5.41 Å². The summed E-state index contributed by atoms with van der Waals surface area (Å²) < 4.78 is 6.36. The van der Waals surface area contributed by atoms with E-state index in [1.807, 2.05) is 6.92 Å². The van der Waals surface area contributed by atoms with Crippen molar-refractivity contribution in [1.29, 1.82) is 0 Å². The smallest absolute Gasteiger partial charge is 0.0690 e. The number of rotatable bonds is 6. The van der Waals surface area contributed by atoms with Gasteiger partial charge in [-0.05, 0) is 62.7 Å². The molecule has 0 radical (unpaired) electrons. The van der Waals surface area contributed by atoms with Crippen molar-refractivity contribution in [3.63, 3.8) is 0 Å². The van der Waals surface area contributed by atoms with E-state index in [1.54, 1.807) is 0 Å². The molecule has 4 rings (SSSR count). The first-order valence-electron chi connectivity index (χ1n) is 7.98. The molecule has 0 unspecified atom stereocenters. The summed E-state index contributed by atoms with van der Waals surface area (Å²) in [5, 5.41) is 19.1. The second kappa shape index (κ2) is 5.01. The van der Waals surface area contributed by atoms with Crippen LogP contribution in [0.5, 0.6) is 0 Å². The van der Waals surface area contributed by atoms with Gasteiger partial charge in [0.2, 0.25) is 0 Å². The van der Waals surface area contributed by atoms with E-state index >= 15 is 0 Å². The largest absolute Gasteiger partial charge is 0.396 e. The molecule has 0 aromatic carbocycles. The predicted molar refractivity (Wildman–Crippen MR) is 73.8 cm³/mol. The SMILES string of the molecule is CCC(CO)(CO)COC12CC3CC(CC(C3)C1)C2. The van der Waals surface area contributed by atoms with Crippen molar-refractivity contribution in [3.05, 3.63) is 0 Å². The second-order valence-electron chi connectivity index (χ2n) is 7.56. The Bertz CT molecular complexity index is 278. The highest BCUT2D eigenvalue weighted by molar-refractivity contribution is 5.03. The topological polar surface area (TPSA) is 49.7 Å². The van der Waals surface area contributed by atoms with Gasteiger partial charge in [-0.2, -0.15) is 0 Å². The van der Waals surface area contributed by atoms with Crippen LogP contribution in [0, 0.1) is 23.2 Å². The van der Waals surface area contributed by atoms with Crippen molar-refractivity contribution in [2.24, 2.45) is 23.2 Å². The maximum absolute atomic E-state index is 9.55. The summed E-state index contributed by atoms with van der Waals surface area (Å²) in [7, 11) is 0. The van der Waals surface area contributed by atoms with E-state index in [0.29, 0.717) is 6.61 Å². The Morgan fingerprint density at radius 1 is 1.00 bits per heavy atom. The van der Waals surface area contributed by atoms with Crippen LogP contribution in [0.15, 0.2) is 0 Å².